The van der Waals surface area contributed by atoms with Crippen LogP contribution < -0.4 is 10.6 Å². The second kappa shape index (κ2) is 6.35. The van der Waals surface area contributed by atoms with Gasteiger partial charge in [0.1, 0.15) is 5.82 Å². The van der Waals surface area contributed by atoms with Crippen molar-refractivity contribution >= 4 is 17.5 Å². The molecule has 2 rings (SSSR count). The first-order chi connectivity index (χ1) is 9.08. The molecule has 5 heteroatoms. The monoisotopic (exact) mass is 284 g/mol. The average molecular weight is 285 g/mol. The zero-order chi connectivity index (χ0) is 13.8. The number of carbonyl (C=O) groups is 1. The number of carbonyl (C=O) groups excluding carboxylic acids is 1. The lowest BCUT2D eigenvalue weighted by atomic mass is 10.1. The first-order valence-electron chi connectivity index (χ1n) is 6.52. The van der Waals surface area contributed by atoms with Crippen LogP contribution in [0.5, 0.6) is 0 Å². The highest BCUT2D eigenvalue weighted by Gasteiger charge is 2.16. The Balaban J connectivity index is 1.90. The molecule has 1 aromatic carbocycles. The van der Waals surface area contributed by atoms with Gasteiger partial charge in [-0.15, -0.1) is 0 Å². The average Bonchev–Trinajstić information content (AvgIpc) is 2.86. The molecule has 1 fully saturated rings. The van der Waals surface area contributed by atoms with Crippen LogP contribution in [0.4, 0.5) is 4.39 Å². The summed E-state index contributed by atoms with van der Waals surface area (Å²) in [4.78, 5) is 11.9. The minimum atomic E-state index is -0.408. The van der Waals surface area contributed by atoms with E-state index in [-0.39, 0.29) is 11.5 Å². The first kappa shape index (κ1) is 14.3. The largest absolute Gasteiger partial charge is 0.352 e. The van der Waals surface area contributed by atoms with E-state index in [4.69, 9.17) is 11.6 Å². The molecule has 0 spiro atoms. The van der Waals surface area contributed by atoms with E-state index in [2.05, 4.69) is 10.6 Å². The molecule has 0 bridgehead atoms. The van der Waals surface area contributed by atoms with Gasteiger partial charge in [0.15, 0.2) is 0 Å². The van der Waals surface area contributed by atoms with E-state index in [9.17, 15) is 9.18 Å². The molecular formula is C14H18ClFN2O. The lowest BCUT2D eigenvalue weighted by Gasteiger charge is -2.10. The summed E-state index contributed by atoms with van der Waals surface area (Å²) in [5, 5.41) is 6.37. The molecule has 1 aliphatic heterocycles. The molecule has 1 unspecified atom stereocenters. The number of amides is 1. The number of aryl methyl sites for hydroxylation is 1. The lowest BCUT2D eigenvalue weighted by Crippen LogP contribution is -2.26. The third-order valence-electron chi connectivity index (χ3n) is 3.49. The molecule has 1 atom stereocenters. The molecule has 3 nitrogen and oxygen atoms in total. The number of halogens is 2. The smallest absolute Gasteiger partial charge is 0.252 e. The fraction of sp³-hybridized carbons (Fsp3) is 0.500. The fourth-order valence-electron chi connectivity index (χ4n) is 2.27. The highest BCUT2D eigenvalue weighted by atomic mass is 35.5. The molecule has 19 heavy (non-hydrogen) atoms. The summed E-state index contributed by atoms with van der Waals surface area (Å²) in [6.45, 7) is 4.27. The Hall–Kier alpha value is -1.13. The second-order valence-corrected chi connectivity index (χ2v) is 5.39. The van der Waals surface area contributed by atoms with Crippen molar-refractivity contribution in [1.82, 2.24) is 10.6 Å². The maximum absolute atomic E-state index is 13.4. The van der Waals surface area contributed by atoms with E-state index in [0.29, 0.717) is 23.0 Å². The predicted octanol–water partition coefficient (Wildman–Crippen LogP) is 2.52. The van der Waals surface area contributed by atoms with E-state index in [1.807, 2.05) is 0 Å². The van der Waals surface area contributed by atoms with Crippen molar-refractivity contribution in [2.24, 2.45) is 5.92 Å². The van der Waals surface area contributed by atoms with Gasteiger partial charge in [-0.2, -0.15) is 0 Å². The molecule has 0 saturated carbocycles. The van der Waals surface area contributed by atoms with E-state index < -0.39 is 5.82 Å². The van der Waals surface area contributed by atoms with Crippen LogP contribution in [0, 0.1) is 18.7 Å². The van der Waals surface area contributed by atoms with Gasteiger partial charge in [0.25, 0.3) is 5.91 Å². The zero-order valence-electron chi connectivity index (χ0n) is 10.9. The fourth-order valence-corrected chi connectivity index (χ4v) is 2.57. The zero-order valence-corrected chi connectivity index (χ0v) is 11.7. The van der Waals surface area contributed by atoms with Crippen molar-refractivity contribution < 1.29 is 9.18 Å². The van der Waals surface area contributed by atoms with Crippen LogP contribution in [0.3, 0.4) is 0 Å². The van der Waals surface area contributed by atoms with Crippen molar-refractivity contribution in [1.29, 1.82) is 0 Å². The normalized spacial score (nSPS) is 18.6. The van der Waals surface area contributed by atoms with Gasteiger partial charge in [-0.25, -0.2) is 4.39 Å². The Morgan fingerprint density at radius 1 is 1.58 bits per heavy atom. The SMILES string of the molecule is Cc1cc(Cl)c(C(=O)NCCC2CCNC2)cc1F. The van der Waals surface area contributed by atoms with Gasteiger partial charge < -0.3 is 10.6 Å². The highest BCUT2D eigenvalue weighted by molar-refractivity contribution is 6.33. The summed E-state index contributed by atoms with van der Waals surface area (Å²) in [5.74, 6) is -0.102. The van der Waals surface area contributed by atoms with E-state index >= 15 is 0 Å². The quantitative estimate of drug-likeness (QED) is 0.892. The van der Waals surface area contributed by atoms with Crippen molar-refractivity contribution in [2.45, 2.75) is 19.8 Å². The third-order valence-corrected chi connectivity index (χ3v) is 3.81. The van der Waals surface area contributed by atoms with Gasteiger partial charge in [-0.1, -0.05) is 11.6 Å². The molecule has 1 aliphatic rings. The highest BCUT2D eigenvalue weighted by Crippen LogP contribution is 2.20. The Labute approximate surface area is 117 Å². The number of benzene rings is 1. The van der Waals surface area contributed by atoms with Crippen molar-refractivity contribution in [2.75, 3.05) is 19.6 Å². The molecule has 0 radical (unpaired) electrons. The van der Waals surface area contributed by atoms with E-state index in [0.717, 1.165) is 25.9 Å². The van der Waals surface area contributed by atoms with Crippen molar-refractivity contribution in [3.63, 3.8) is 0 Å². The van der Waals surface area contributed by atoms with Gasteiger partial charge in [-0.3, -0.25) is 4.79 Å². The Morgan fingerprint density at radius 3 is 3.05 bits per heavy atom. The first-order valence-corrected chi connectivity index (χ1v) is 6.90. The Morgan fingerprint density at radius 2 is 2.37 bits per heavy atom. The molecule has 1 amide bonds. The van der Waals surface area contributed by atoms with E-state index in [1.165, 1.54) is 12.1 Å². The second-order valence-electron chi connectivity index (χ2n) is 4.98. The van der Waals surface area contributed by atoms with Crippen LogP contribution in [-0.2, 0) is 0 Å². The Kier molecular flexibility index (Phi) is 4.77. The van der Waals surface area contributed by atoms with Crippen LogP contribution >= 0.6 is 11.6 Å². The van der Waals surface area contributed by atoms with Crippen LogP contribution in [0.15, 0.2) is 12.1 Å². The molecule has 0 aromatic heterocycles. The molecule has 104 valence electrons. The van der Waals surface area contributed by atoms with Gasteiger partial charge in [0.05, 0.1) is 10.6 Å². The van der Waals surface area contributed by atoms with Gasteiger partial charge in [0, 0.05) is 6.54 Å². The van der Waals surface area contributed by atoms with Crippen LogP contribution in [0.25, 0.3) is 0 Å². The minimum absolute atomic E-state index is 0.203. The molecule has 2 N–H and O–H groups in total. The summed E-state index contributed by atoms with van der Waals surface area (Å²) < 4.78 is 13.4. The third kappa shape index (κ3) is 3.67. The standard InChI is InChI=1S/C14H18ClFN2O/c1-9-6-12(15)11(7-13(9)16)14(19)18-5-3-10-2-4-17-8-10/h6-7,10,17H,2-5,8H2,1H3,(H,18,19). The number of hydrogen-bond acceptors (Lipinski definition) is 2. The maximum atomic E-state index is 13.4. The van der Waals surface area contributed by atoms with E-state index in [1.54, 1.807) is 6.92 Å². The van der Waals surface area contributed by atoms with Crippen LogP contribution in [0.1, 0.15) is 28.8 Å². The number of rotatable bonds is 4. The van der Waals surface area contributed by atoms with Crippen LogP contribution in [0.2, 0.25) is 5.02 Å². The number of hydrogen-bond donors (Lipinski definition) is 2. The maximum Gasteiger partial charge on any atom is 0.252 e. The van der Waals surface area contributed by atoms with Gasteiger partial charge >= 0.3 is 0 Å². The molecule has 1 saturated heterocycles. The minimum Gasteiger partial charge on any atom is -0.352 e. The molecule has 0 aliphatic carbocycles. The molecular weight excluding hydrogens is 267 g/mol. The van der Waals surface area contributed by atoms with Crippen molar-refractivity contribution in [3.05, 3.63) is 34.1 Å². The summed E-state index contributed by atoms with van der Waals surface area (Å²) in [6.07, 6.45) is 2.08. The summed E-state index contributed by atoms with van der Waals surface area (Å²) in [6, 6.07) is 2.68. The lowest BCUT2D eigenvalue weighted by molar-refractivity contribution is 0.0951. The predicted molar refractivity (Wildman–Crippen MR) is 74.1 cm³/mol. The summed E-state index contributed by atoms with van der Waals surface area (Å²) >= 11 is 5.96. The molecule has 1 aromatic rings. The van der Waals surface area contributed by atoms with Crippen LogP contribution in [-0.4, -0.2) is 25.5 Å². The topological polar surface area (TPSA) is 41.1 Å². The van der Waals surface area contributed by atoms with Crippen molar-refractivity contribution in [3.8, 4) is 0 Å². The number of nitrogens with one attached hydrogen (secondary N) is 2. The Bertz CT molecular complexity index is 473. The van der Waals surface area contributed by atoms with Gasteiger partial charge in [0.2, 0.25) is 0 Å². The summed E-state index contributed by atoms with van der Waals surface area (Å²) in [7, 11) is 0. The summed E-state index contributed by atoms with van der Waals surface area (Å²) in [5.41, 5.74) is 0.646. The van der Waals surface area contributed by atoms with Gasteiger partial charge in [-0.05, 0) is 56.5 Å². The molecule has 1 heterocycles.